The Morgan fingerprint density at radius 1 is 1.13 bits per heavy atom. The topological polar surface area (TPSA) is 98.4 Å². The van der Waals surface area contributed by atoms with Crippen molar-refractivity contribution >= 4 is 32.9 Å². The van der Waals surface area contributed by atoms with Gasteiger partial charge in [-0.05, 0) is 24.3 Å². The Labute approximate surface area is 132 Å². The number of aromatic nitrogens is 2. The van der Waals surface area contributed by atoms with Gasteiger partial charge in [-0.3, -0.25) is 4.79 Å². The van der Waals surface area contributed by atoms with Gasteiger partial charge in [-0.25, -0.2) is 4.52 Å². The molecule has 0 aliphatic rings. The first kappa shape index (κ1) is 13.9. The number of hydrogen-bond acceptors (Lipinski definition) is 5. The zero-order valence-electron chi connectivity index (χ0n) is 12.5. The van der Waals surface area contributed by atoms with Crippen LogP contribution in [-0.4, -0.2) is 22.7 Å². The smallest absolute Gasteiger partial charge is 0.199 e. The van der Waals surface area contributed by atoms with Crippen LogP contribution >= 0.6 is 0 Å². The van der Waals surface area contributed by atoms with Crippen molar-refractivity contribution in [1.29, 1.82) is 0 Å². The molecule has 0 bridgehead atoms. The molecule has 0 atom stereocenters. The maximum atomic E-state index is 12.8. The van der Waals surface area contributed by atoms with E-state index < -0.39 is 0 Å². The van der Waals surface area contributed by atoms with Gasteiger partial charge in [0.2, 0.25) is 0 Å². The maximum absolute atomic E-state index is 12.8. The first-order valence-electron chi connectivity index (χ1n) is 7.57. The zero-order valence-corrected chi connectivity index (χ0v) is 12.5. The highest BCUT2D eigenvalue weighted by Gasteiger charge is 2.18. The van der Waals surface area contributed by atoms with E-state index in [0.717, 1.165) is 22.1 Å². The third-order valence-corrected chi connectivity index (χ3v) is 4.17. The van der Waals surface area contributed by atoms with Gasteiger partial charge < -0.3 is 16.8 Å². The lowest BCUT2D eigenvalue weighted by Crippen LogP contribution is -2.22. The number of rotatable bonds is 4. The van der Waals surface area contributed by atoms with Gasteiger partial charge in [0.15, 0.2) is 5.43 Å². The van der Waals surface area contributed by atoms with E-state index in [4.69, 9.17) is 16.6 Å². The van der Waals surface area contributed by atoms with E-state index in [0.29, 0.717) is 36.1 Å². The average Bonchev–Trinajstić information content (AvgIpc) is 2.93. The number of hydrogen-bond donors (Lipinski definition) is 3. The number of nitrogens with zero attached hydrogens (tertiary/aromatic N) is 2. The van der Waals surface area contributed by atoms with Crippen LogP contribution in [0.1, 0.15) is 5.69 Å². The second kappa shape index (κ2) is 5.19. The van der Waals surface area contributed by atoms with Crippen molar-refractivity contribution in [1.82, 2.24) is 14.9 Å². The number of benzene rings is 2. The van der Waals surface area contributed by atoms with Crippen molar-refractivity contribution in [2.24, 2.45) is 5.73 Å². The van der Waals surface area contributed by atoms with Crippen molar-refractivity contribution in [3.05, 3.63) is 52.3 Å². The standard InChI is InChI=1S/C17H17N5O/c18-7-8-20-9-13-10-5-6-12(19)15-16(10)22(21-13)14-4-2-1-3-11(14)17(15)23/h1-6,20H,7-9,18-19H2. The van der Waals surface area contributed by atoms with Gasteiger partial charge >= 0.3 is 0 Å². The summed E-state index contributed by atoms with van der Waals surface area (Å²) in [6.45, 7) is 1.88. The maximum Gasteiger partial charge on any atom is 0.199 e. The Balaban J connectivity index is 2.12. The monoisotopic (exact) mass is 307 g/mol. The first-order chi connectivity index (χ1) is 11.2. The molecule has 2 aromatic carbocycles. The Kier molecular flexibility index (Phi) is 3.14. The van der Waals surface area contributed by atoms with Crippen LogP contribution in [-0.2, 0) is 6.54 Å². The summed E-state index contributed by atoms with van der Waals surface area (Å²) in [5, 5.41) is 10.1. The van der Waals surface area contributed by atoms with Gasteiger partial charge in [0.25, 0.3) is 0 Å². The molecule has 6 heteroatoms. The van der Waals surface area contributed by atoms with Crippen molar-refractivity contribution in [3.63, 3.8) is 0 Å². The number of pyridine rings is 1. The van der Waals surface area contributed by atoms with Gasteiger partial charge in [0.05, 0.1) is 22.1 Å². The minimum Gasteiger partial charge on any atom is -0.398 e. The number of nitrogens with one attached hydrogen (secondary N) is 1. The fourth-order valence-electron chi connectivity index (χ4n) is 3.12. The molecule has 4 aromatic rings. The third kappa shape index (κ3) is 1.96. The van der Waals surface area contributed by atoms with Crippen LogP contribution in [0.5, 0.6) is 0 Å². The molecular formula is C17H17N5O. The van der Waals surface area contributed by atoms with E-state index in [9.17, 15) is 4.79 Å². The predicted molar refractivity (Wildman–Crippen MR) is 92.8 cm³/mol. The number of nitrogen functional groups attached to an aromatic ring is 1. The van der Waals surface area contributed by atoms with Crippen molar-refractivity contribution in [2.45, 2.75) is 6.54 Å². The summed E-state index contributed by atoms with van der Waals surface area (Å²) in [6, 6.07) is 11.2. The van der Waals surface area contributed by atoms with Gasteiger partial charge in [-0.1, -0.05) is 12.1 Å². The highest BCUT2D eigenvalue weighted by molar-refractivity contribution is 6.08. The molecule has 23 heavy (non-hydrogen) atoms. The average molecular weight is 307 g/mol. The molecule has 6 nitrogen and oxygen atoms in total. The van der Waals surface area contributed by atoms with Crippen molar-refractivity contribution < 1.29 is 0 Å². The Hall–Kier alpha value is -2.70. The SMILES string of the molecule is NCCNCc1nn2c3ccccc3c(=O)c3c(N)ccc1c32. The summed E-state index contributed by atoms with van der Waals surface area (Å²) in [6.07, 6.45) is 0. The van der Waals surface area contributed by atoms with Gasteiger partial charge in [-0.15, -0.1) is 0 Å². The third-order valence-electron chi connectivity index (χ3n) is 4.17. The second-order valence-electron chi connectivity index (χ2n) is 5.60. The number of anilines is 1. The van der Waals surface area contributed by atoms with Crippen LogP contribution in [0.2, 0.25) is 0 Å². The molecule has 0 saturated heterocycles. The molecule has 2 aromatic heterocycles. The van der Waals surface area contributed by atoms with Gasteiger partial charge in [0.1, 0.15) is 0 Å². The second-order valence-corrected chi connectivity index (χ2v) is 5.60. The molecule has 0 radical (unpaired) electrons. The fraction of sp³-hybridized carbons (Fsp3) is 0.176. The predicted octanol–water partition coefficient (Wildman–Crippen LogP) is 1.07. The van der Waals surface area contributed by atoms with Crippen LogP contribution in [0.4, 0.5) is 5.69 Å². The minimum atomic E-state index is -0.0439. The molecule has 5 N–H and O–H groups in total. The Morgan fingerprint density at radius 3 is 2.78 bits per heavy atom. The molecule has 0 saturated carbocycles. The fourth-order valence-corrected chi connectivity index (χ4v) is 3.12. The number of para-hydroxylation sites is 1. The molecule has 0 aliphatic heterocycles. The molecule has 0 amide bonds. The van der Waals surface area contributed by atoms with E-state index in [-0.39, 0.29) is 5.43 Å². The van der Waals surface area contributed by atoms with Crippen LogP contribution in [0, 0.1) is 0 Å². The van der Waals surface area contributed by atoms with Crippen LogP contribution < -0.4 is 22.2 Å². The molecule has 0 fully saturated rings. The van der Waals surface area contributed by atoms with Gasteiger partial charge in [0, 0.05) is 36.1 Å². The van der Waals surface area contributed by atoms with Gasteiger partial charge in [-0.2, -0.15) is 5.10 Å². The summed E-state index contributed by atoms with van der Waals surface area (Å²) in [7, 11) is 0. The van der Waals surface area contributed by atoms with E-state index in [1.165, 1.54) is 0 Å². The Bertz CT molecular complexity index is 1070. The summed E-state index contributed by atoms with van der Waals surface area (Å²) < 4.78 is 1.83. The largest absolute Gasteiger partial charge is 0.398 e. The van der Waals surface area contributed by atoms with E-state index in [1.54, 1.807) is 6.07 Å². The summed E-state index contributed by atoms with van der Waals surface area (Å²) >= 11 is 0. The Morgan fingerprint density at radius 2 is 1.96 bits per heavy atom. The molecule has 4 rings (SSSR count). The molecule has 0 aliphatic carbocycles. The minimum absolute atomic E-state index is 0.0439. The molecule has 116 valence electrons. The zero-order chi connectivity index (χ0) is 16.0. The lowest BCUT2D eigenvalue weighted by atomic mass is 10.1. The van der Waals surface area contributed by atoms with Crippen molar-refractivity contribution in [3.8, 4) is 0 Å². The highest BCUT2D eigenvalue weighted by Crippen LogP contribution is 2.29. The lowest BCUT2D eigenvalue weighted by molar-refractivity contribution is 0.680. The molecule has 0 unspecified atom stereocenters. The van der Waals surface area contributed by atoms with Crippen molar-refractivity contribution in [2.75, 3.05) is 18.8 Å². The summed E-state index contributed by atoms with van der Waals surface area (Å²) in [5.41, 5.74) is 14.5. The number of nitrogens with two attached hydrogens (primary N) is 2. The van der Waals surface area contributed by atoms with E-state index in [1.807, 2.05) is 34.8 Å². The van der Waals surface area contributed by atoms with Crippen LogP contribution in [0.3, 0.4) is 0 Å². The quantitative estimate of drug-likeness (QED) is 0.297. The lowest BCUT2D eigenvalue weighted by Gasteiger charge is -2.06. The van der Waals surface area contributed by atoms with Crippen LogP contribution in [0.25, 0.3) is 27.2 Å². The highest BCUT2D eigenvalue weighted by atomic mass is 16.1. The molecular weight excluding hydrogens is 290 g/mol. The normalized spacial score (nSPS) is 11.9. The summed E-state index contributed by atoms with van der Waals surface area (Å²) in [5.74, 6) is 0. The first-order valence-corrected chi connectivity index (χ1v) is 7.57. The van der Waals surface area contributed by atoms with E-state index >= 15 is 0 Å². The molecule has 2 heterocycles. The number of fused-ring (bicyclic) bond motifs is 2. The van der Waals surface area contributed by atoms with Crippen LogP contribution in [0.15, 0.2) is 41.2 Å². The summed E-state index contributed by atoms with van der Waals surface area (Å²) in [4.78, 5) is 12.8. The molecule has 0 spiro atoms. The van der Waals surface area contributed by atoms with E-state index in [2.05, 4.69) is 5.32 Å².